The summed E-state index contributed by atoms with van der Waals surface area (Å²) in [5.41, 5.74) is 12.5. The van der Waals surface area contributed by atoms with E-state index in [9.17, 15) is 4.79 Å². The highest BCUT2D eigenvalue weighted by Gasteiger charge is 2.35. The zero-order valence-corrected chi connectivity index (χ0v) is 17.2. The van der Waals surface area contributed by atoms with Crippen molar-refractivity contribution in [1.29, 1.82) is 0 Å². The van der Waals surface area contributed by atoms with E-state index in [-0.39, 0.29) is 12.0 Å². The first-order chi connectivity index (χ1) is 14.0. The van der Waals surface area contributed by atoms with Crippen LogP contribution in [0.3, 0.4) is 0 Å². The van der Waals surface area contributed by atoms with Crippen LogP contribution in [0.5, 0.6) is 5.75 Å². The topological polar surface area (TPSA) is 82.4 Å². The number of benzene rings is 1. The number of nitrogens with two attached hydrogens (primary N) is 1. The largest absolute Gasteiger partial charge is 0.487 e. The van der Waals surface area contributed by atoms with Gasteiger partial charge < -0.3 is 15.4 Å². The molecule has 1 atom stereocenters. The molecule has 1 aromatic carbocycles. The lowest BCUT2D eigenvalue weighted by Crippen LogP contribution is -2.63. The number of rotatable bonds is 4. The summed E-state index contributed by atoms with van der Waals surface area (Å²) < 4.78 is 6.21. The Morgan fingerprint density at radius 1 is 1.38 bits per heavy atom. The molecule has 150 valence electrons. The van der Waals surface area contributed by atoms with Gasteiger partial charge in [0, 0.05) is 25.4 Å². The molecule has 0 radical (unpaired) electrons. The minimum atomic E-state index is 0.0816. The summed E-state index contributed by atoms with van der Waals surface area (Å²) in [6.07, 6.45) is 6.95. The number of allylic oxidation sites excluding steroid dienone is 1. The summed E-state index contributed by atoms with van der Waals surface area (Å²) in [5.74, 6) is 0.843. The van der Waals surface area contributed by atoms with Crippen molar-refractivity contribution in [1.82, 2.24) is 9.88 Å². The number of pyridine rings is 1. The normalized spacial score (nSPS) is 18.7. The van der Waals surface area contributed by atoms with Gasteiger partial charge in [0.05, 0.1) is 23.4 Å². The molecule has 2 aliphatic heterocycles. The van der Waals surface area contributed by atoms with Crippen molar-refractivity contribution in [2.45, 2.75) is 32.8 Å². The van der Waals surface area contributed by atoms with Crippen LogP contribution in [-0.4, -0.2) is 48.2 Å². The monoisotopic (exact) mass is 391 g/mol. The van der Waals surface area contributed by atoms with E-state index in [4.69, 9.17) is 10.5 Å². The van der Waals surface area contributed by atoms with Crippen LogP contribution < -0.4 is 15.5 Å². The van der Waals surface area contributed by atoms with Gasteiger partial charge >= 0.3 is 0 Å². The summed E-state index contributed by atoms with van der Waals surface area (Å²) >= 11 is 0. The van der Waals surface area contributed by atoms with E-state index >= 15 is 0 Å². The molecule has 1 saturated heterocycles. The van der Waals surface area contributed by atoms with Gasteiger partial charge in [0.25, 0.3) is 5.91 Å². The molecule has 2 aliphatic rings. The third-order valence-corrected chi connectivity index (χ3v) is 5.89. The number of aromatic nitrogens is 1. The van der Waals surface area contributed by atoms with E-state index in [0.717, 1.165) is 46.7 Å². The molecule has 0 aliphatic carbocycles. The molecule has 2 bridgehead atoms. The van der Waals surface area contributed by atoms with E-state index in [1.54, 1.807) is 0 Å². The van der Waals surface area contributed by atoms with E-state index in [1.165, 1.54) is 11.8 Å². The average Bonchev–Trinajstić information content (AvgIpc) is 3.15. The second kappa shape index (κ2) is 7.70. The van der Waals surface area contributed by atoms with E-state index in [0.29, 0.717) is 18.5 Å². The zero-order chi connectivity index (χ0) is 20.5. The lowest BCUT2D eigenvalue weighted by Gasteiger charge is -2.21. The molecule has 4 rings (SSSR count). The van der Waals surface area contributed by atoms with Gasteiger partial charge in [-0.1, -0.05) is 6.07 Å². The number of nitrogens with one attached hydrogen (secondary N) is 1. The van der Waals surface area contributed by atoms with Crippen molar-refractivity contribution in [3.05, 3.63) is 64.1 Å². The summed E-state index contributed by atoms with van der Waals surface area (Å²) in [6, 6.07) is 6.03. The molecule has 6 nitrogen and oxygen atoms in total. The Labute approximate surface area is 171 Å². The first kappa shape index (κ1) is 19.2. The third kappa shape index (κ3) is 3.50. The number of nitrogens with zero attached hydrogens (tertiary/aromatic N) is 2. The number of hydrogen-bond donors (Lipinski definition) is 2. The molecule has 3 N–H and O–H groups in total. The third-order valence-electron chi connectivity index (χ3n) is 5.89. The van der Waals surface area contributed by atoms with Crippen LogP contribution in [0.2, 0.25) is 0 Å². The van der Waals surface area contributed by atoms with Gasteiger partial charge in [0.2, 0.25) is 0 Å². The summed E-state index contributed by atoms with van der Waals surface area (Å²) in [4.78, 5) is 22.4. The van der Waals surface area contributed by atoms with Gasteiger partial charge in [0.1, 0.15) is 18.9 Å². The van der Waals surface area contributed by atoms with Crippen LogP contribution in [0.15, 0.2) is 30.6 Å². The smallest absolute Gasteiger partial charge is 0.257 e. The molecule has 1 amide bonds. The summed E-state index contributed by atoms with van der Waals surface area (Å²) in [7, 11) is 1.83. The van der Waals surface area contributed by atoms with Gasteiger partial charge in [-0.05, 0) is 54.7 Å². The predicted octanol–water partition coefficient (Wildman–Crippen LogP) is 0.977. The van der Waals surface area contributed by atoms with Gasteiger partial charge in [-0.25, -0.2) is 0 Å². The van der Waals surface area contributed by atoms with Crippen molar-refractivity contribution < 1.29 is 14.5 Å². The number of hydrogen-bond acceptors (Lipinski definition) is 4. The van der Waals surface area contributed by atoms with Crippen molar-refractivity contribution in [3.63, 3.8) is 0 Å². The minimum Gasteiger partial charge on any atom is -0.487 e. The highest BCUT2D eigenvalue weighted by Crippen LogP contribution is 2.36. The maximum Gasteiger partial charge on any atom is 0.257 e. The first-order valence-corrected chi connectivity index (χ1v) is 9.98. The Morgan fingerprint density at radius 2 is 2.21 bits per heavy atom. The minimum absolute atomic E-state index is 0.0816. The Hall–Kier alpha value is -3.15. The van der Waals surface area contributed by atoms with Gasteiger partial charge in [-0.15, -0.1) is 0 Å². The standard InChI is InChI=1S/C23H26N4O2/c1-14-15(2)22-20(23(28)27-7-6-19(13-27)29-22)9-17(14)8-16-4-5-21(26-11-16)18(10-24)12-25-3/h4-5,9-12,19H,6-8,13,24H2,1-3H3/p+1/b18-10+,25-12?/t19-/m1/s1. The highest BCUT2D eigenvalue weighted by molar-refractivity contribution is 6.05. The van der Waals surface area contributed by atoms with E-state index < -0.39 is 0 Å². The second-order valence-electron chi connectivity index (χ2n) is 7.73. The SMILES string of the molecule is C[NH+]=C/C(=C\N)c1ccc(Cc2cc3c(c(C)c2C)O[C@@H]2CCN(C2)C3=O)cn1. The van der Waals surface area contributed by atoms with Gasteiger partial charge in [-0.3, -0.25) is 14.8 Å². The quantitative estimate of drug-likeness (QED) is 0.761. The Morgan fingerprint density at radius 3 is 2.90 bits per heavy atom. The van der Waals surface area contributed by atoms with Crippen LogP contribution in [-0.2, 0) is 6.42 Å². The van der Waals surface area contributed by atoms with Crippen LogP contribution in [0, 0.1) is 13.8 Å². The number of fused-ring (bicyclic) bond motifs is 3. The maximum absolute atomic E-state index is 13.0. The van der Waals surface area contributed by atoms with Crippen LogP contribution in [0.25, 0.3) is 5.57 Å². The lowest BCUT2D eigenvalue weighted by atomic mass is 9.93. The molecule has 1 aromatic heterocycles. The Kier molecular flexibility index (Phi) is 5.09. The van der Waals surface area contributed by atoms with Crippen molar-refractivity contribution in [2.24, 2.45) is 5.73 Å². The number of carbonyl (C=O) groups is 1. The zero-order valence-electron chi connectivity index (χ0n) is 17.2. The fraction of sp³-hybridized carbons (Fsp3) is 0.348. The fourth-order valence-electron chi connectivity index (χ4n) is 4.08. The molecule has 0 spiro atoms. The Balaban J connectivity index is 1.66. The average molecular weight is 391 g/mol. The number of carbonyl (C=O) groups excluding carboxylic acids is 1. The molecule has 2 aromatic rings. The summed E-state index contributed by atoms with van der Waals surface area (Å²) in [5, 5.41) is 0. The molecular weight excluding hydrogens is 364 g/mol. The first-order valence-electron chi connectivity index (χ1n) is 9.98. The fourth-order valence-corrected chi connectivity index (χ4v) is 4.08. The predicted molar refractivity (Wildman–Crippen MR) is 113 cm³/mol. The highest BCUT2D eigenvalue weighted by atomic mass is 16.5. The molecule has 6 heteroatoms. The molecule has 3 heterocycles. The van der Waals surface area contributed by atoms with Crippen molar-refractivity contribution >= 4 is 17.7 Å². The molecule has 0 saturated carbocycles. The maximum atomic E-state index is 13.0. The number of ether oxygens (including phenoxy) is 1. The molecule has 29 heavy (non-hydrogen) atoms. The van der Waals surface area contributed by atoms with Crippen LogP contribution in [0.4, 0.5) is 0 Å². The molecule has 1 fully saturated rings. The van der Waals surface area contributed by atoms with E-state index in [1.807, 2.05) is 43.4 Å². The van der Waals surface area contributed by atoms with Crippen molar-refractivity contribution in [3.8, 4) is 5.75 Å². The lowest BCUT2D eigenvalue weighted by molar-refractivity contribution is -0.412. The van der Waals surface area contributed by atoms with Gasteiger partial charge in [0.15, 0.2) is 6.21 Å². The second-order valence-corrected chi connectivity index (χ2v) is 7.73. The van der Waals surface area contributed by atoms with Crippen LogP contribution >= 0.6 is 0 Å². The summed E-state index contributed by atoms with van der Waals surface area (Å²) in [6.45, 7) is 5.61. The van der Waals surface area contributed by atoms with E-state index in [2.05, 4.69) is 23.0 Å². The van der Waals surface area contributed by atoms with Gasteiger partial charge in [-0.2, -0.15) is 0 Å². The van der Waals surface area contributed by atoms with Crippen molar-refractivity contribution in [2.75, 3.05) is 20.1 Å². The van der Waals surface area contributed by atoms with Crippen LogP contribution in [0.1, 0.15) is 44.7 Å². The Bertz CT molecular complexity index is 1010. The molecule has 0 unspecified atom stereocenters. The number of amides is 1. The molecular formula is C23H27N4O2+.